The van der Waals surface area contributed by atoms with Gasteiger partial charge in [0.05, 0.1) is 13.2 Å². The predicted molar refractivity (Wildman–Crippen MR) is 111 cm³/mol. The number of thiazole rings is 1. The zero-order valence-corrected chi connectivity index (χ0v) is 17.3. The second kappa shape index (κ2) is 9.03. The van der Waals surface area contributed by atoms with Crippen LogP contribution in [-0.4, -0.2) is 78.5 Å². The summed E-state index contributed by atoms with van der Waals surface area (Å²) in [5.74, 6) is 1.00. The summed E-state index contributed by atoms with van der Waals surface area (Å²) in [6.45, 7) is 7.54. The minimum absolute atomic E-state index is 0.0864. The van der Waals surface area contributed by atoms with E-state index in [2.05, 4.69) is 21.8 Å². The fourth-order valence-corrected chi connectivity index (χ4v) is 4.44. The number of ether oxygens (including phenoxy) is 1. The van der Waals surface area contributed by atoms with E-state index in [-0.39, 0.29) is 5.91 Å². The molecule has 1 aromatic carbocycles. The Balaban J connectivity index is 1.40. The highest BCUT2D eigenvalue weighted by Crippen LogP contribution is 2.26. The van der Waals surface area contributed by atoms with Gasteiger partial charge in [-0.3, -0.25) is 4.79 Å². The molecular formula is C21H28N4O2S. The van der Waals surface area contributed by atoms with Gasteiger partial charge >= 0.3 is 0 Å². The fourth-order valence-electron chi connectivity index (χ4n) is 3.81. The van der Waals surface area contributed by atoms with Crippen molar-refractivity contribution in [1.82, 2.24) is 19.7 Å². The Kier molecular flexibility index (Phi) is 6.24. The molecule has 1 aromatic heterocycles. The van der Waals surface area contributed by atoms with Crippen molar-refractivity contribution in [2.24, 2.45) is 0 Å². The monoisotopic (exact) mass is 400 g/mol. The van der Waals surface area contributed by atoms with E-state index >= 15 is 0 Å². The molecule has 1 saturated heterocycles. The highest BCUT2D eigenvalue weighted by atomic mass is 32.1. The molecule has 2 aliphatic rings. The third-order valence-electron chi connectivity index (χ3n) is 5.53. The highest BCUT2D eigenvalue weighted by molar-refractivity contribution is 7.09. The number of fused-ring (bicyclic) bond motifs is 1. The molecule has 4 rings (SSSR count). The van der Waals surface area contributed by atoms with Crippen LogP contribution in [0.25, 0.3) is 0 Å². The number of aromatic nitrogens is 1. The summed E-state index contributed by atoms with van der Waals surface area (Å²) in [5, 5.41) is 2.95. The van der Waals surface area contributed by atoms with Gasteiger partial charge in [-0.25, -0.2) is 4.98 Å². The van der Waals surface area contributed by atoms with Gasteiger partial charge in [-0.2, -0.15) is 0 Å². The lowest BCUT2D eigenvalue weighted by Gasteiger charge is -2.33. The van der Waals surface area contributed by atoms with E-state index in [1.165, 1.54) is 0 Å². The van der Waals surface area contributed by atoms with Crippen molar-refractivity contribution in [3.05, 3.63) is 45.9 Å². The maximum Gasteiger partial charge on any atom is 0.254 e. The molecule has 2 aromatic rings. The number of nitrogens with zero attached hydrogens (tertiary/aromatic N) is 4. The van der Waals surface area contributed by atoms with Gasteiger partial charge < -0.3 is 19.4 Å². The lowest BCUT2D eigenvalue weighted by molar-refractivity contribution is 0.0728. The van der Waals surface area contributed by atoms with Gasteiger partial charge in [0.25, 0.3) is 5.91 Å². The molecule has 0 bridgehead atoms. The van der Waals surface area contributed by atoms with Crippen molar-refractivity contribution in [3.8, 4) is 5.75 Å². The second-order valence-electron chi connectivity index (χ2n) is 7.57. The number of likely N-dealkylation sites (N-methyl/N-ethyl adjacent to an activating group) is 1. The number of benzene rings is 1. The Labute approximate surface area is 170 Å². The molecule has 0 saturated carbocycles. The molecule has 6 nitrogen and oxygen atoms in total. The molecule has 2 aliphatic heterocycles. The van der Waals surface area contributed by atoms with Gasteiger partial charge in [-0.15, -0.1) is 11.3 Å². The zero-order chi connectivity index (χ0) is 19.3. The molecule has 1 fully saturated rings. The number of amides is 1. The van der Waals surface area contributed by atoms with Gasteiger partial charge in [-0.1, -0.05) is 0 Å². The van der Waals surface area contributed by atoms with Gasteiger partial charge in [0.2, 0.25) is 0 Å². The zero-order valence-electron chi connectivity index (χ0n) is 16.5. The van der Waals surface area contributed by atoms with Crippen molar-refractivity contribution in [1.29, 1.82) is 0 Å². The van der Waals surface area contributed by atoms with Crippen LogP contribution in [0.2, 0.25) is 0 Å². The summed E-state index contributed by atoms with van der Waals surface area (Å²) in [5.41, 5.74) is 1.89. The van der Waals surface area contributed by atoms with Crippen LogP contribution in [0.4, 0.5) is 0 Å². The van der Waals surface area contributed by atoms with E-state index in [0.717, 1.165) is 74.0 Å². The maximum absolute atomic E-state index is 13.2. The molecule has 28 heavy (non-hydrogen) atoms. The average molecular weight is 401 g/mol. The van der Waals surface area contributed by atoms with Crippen molar-refractivity contribution in [2.75, 3.05) is 52.9 Å². The summed E-state index contributed by atoms with van der Waals surface area (Å²) < 4.78 is 5.58. The topological polar surface area (TPSA) is 48.9 Å². The normalized spacial score (nSPS) is 17.3. The van der Waals surface area contributed by atoms with Crippen LogP contribution in [0, 0.1) is 0 Å². The number of rotatable bonds is 7. The van der Waals surface area contributed by atoms with Crippen LogP contribution in [0.15, 0.2) is 29.8 Å². The van der Waals surface area contributed by atoms with Gasteiger partial charge in [0.1, 0.15) is 10.8 Å². The summed E-state index contributed by atoms with van der Waals surface area (Å²) in [7, 11) is 2.17. The van der Waals surface area contributed by atoms with Gasteiger partial charge in [0, 0.05) is 56.3 Å². The maximum atomic E-state index is 13.2. The van der Waals surface area contributed by atoms with E-state index < -0.39 is 0 Å². The first-order valence-electron chi connectivity index (χ1n) is 10.0. The quantitative estimate of drug-likeness (QED) is 0.714. The molecule has 0 unspecified atom stereocenters. The molecule has 150 valence electrons. The van der Waals surface area contributed by atoms with Crippen LogP contribution in [0.5, 0.6) is 5.75 Å². The van der Waals surface area contributed by atoms with Crippen LogP contribution in [-0.2, 0) is 13.0 Å². The fraction of sp³-hybridized carbons (Fsp3) is 0.524. The van der Waals surface area contributed by atoms with E-state index in [9.17, 15) is 4.79 Å². The number of carbonyl (C=O) groups excluding carboxylic acids is 1. The highest BCUT2D eigenvalue weighted by Gasteiger charge is 2.21. The number of carbonyl (C=O) groups is 1. The van der Waals surface area contributed by atoms with Crippen LogP contribution < -0.4 is 4.74 Å². The number of piperazine rings is 1. The summed E-state index contributed by atoms with van der Waals surface area (Å²) in [4.78, 5) is 24.4. The number of hydrogen-bond acceptors (Lipinski definition) is 6. The SMILES string of the molecule is CN1CCN(CCCN(Cc2nccs2)C(=O)c2ccc3c(c2)CCO3)CC1. The largest absolute Gasteiger partial charge is 0.493 e. The summed E-state index contributed by atoms with van der Waals surface area (Å²) in [6, 6.07) is 5.82. The molecule has 0 N–H and O–H groups in total. The van der Waals surface area contributed by atoms with Crippen molar-refractivity contribution < 1.29 is 9.53 Å². The first kappa shape index (κ1) is 19.4. The summed E-state index contributed by atoms with van der Waals surface area (Å²) >= 11 is 1.60. The molecule has 1 amide bonds. The predicted octanol–water partition coefficient (Wildman–Crippen LogP) is 2.36. The molecule has 3 heterocycles. The van der Waals surface area contributed by atoms with E-state index in [4.69, 9.17) is 4.74 Å². The Morgan fingerprint density at radius 3 is 2.93 bits per heavy atom. The average Bonchev–Trinajstić information content (AvgIpc) is 3.39. The minimum atomic E-state index is 0.0864. The van der Waals surface area contributed by atoms with Crippen molar-refractivity contribution in [3.63, 3.8) is 0 Å². The van der Waals surface area contributed by atoms with Crippen LogP contribution in [0.3, 0.4) is 0 Å². The summed E-state index contributed by atoms with van der Waals surface area (Å²) in [6.07, 6.45) is 3.67. The van der Waals surface area contributed by atoms with Crippen LogP contribution >= 0.6 is 11.3 Å². The Morgan fingerprint density at radius 1 is 1.29 bits per heavy atom. The van der Waals surface area contributed by atoms with Crippen molar-refractivity contribution in [2.45, 2.75) is 19.4 Å². The van der Waals surface area contributed by atoms with E-state index in [0.29, 0.717) is 13.2 Å². The van der Waals surface area contributed by atoms with E-state index in [1.807, 2.05) is 28.5 Å². The minimum Gasteiger partial charge on any atom is -0.493 e. The Morgan fingerprint density at radius 2 is 2.14 bits per heavy atom. The van der Waals surface area contributed by atoms with Gasteiger partial charge in [-0.05, 0) is 43.8 Å². The second-order valence-corrected chi connectivity index (χ2v) is 8.55. The third kappa shape index (κ3) is 4.71. The molecule has 0 atom stereocenters. The van der Waals surface area contributed by atoms with Gasteiger partial charge in [0.15, 0.2) is 0 Å². The van der Waals surface area contributed by atoms with Crippen LogP contribution in [0.1, 0.15) is 27.3 Å². The molecule has 0 spiro atoms. The van der Waals surface area contributed by atoms with Crippen molar-refractivity contribution >= 4 is 17.2 Å². The lowest BCUT2D eigenvalue weighted by Crippen LogP contribution is -2.45. The molecule has 0 aliphatic carbocycles. The number of hydrogen-bond donors (Lipinski definition) is 0. The molecule has 7 heteroatoms. The standard InChI is InChI=1S/C21H28N4O2S/c1-23-9-11-24(12-10-23)7-2-8-25(16-20-22-6-14-28-20)21(26)18-3-4-19-17(15-18)5-13-27-19/h3-4,6,14-15H,2,5,7-13,16H2,1H3. The lowest BCUT2D eigenvalue weighted by atomic mass is 10.1. The molecule has 0 radical (unpaired) electrons. The third-order valence-corrected chi connectivity index (χ3v) is 6.30. The first-order chi connectivity index (χ1) is 13.7. The Bertz CT molecular complexity index is 788. The van der Waals surface area contributed by atoms with E-state index in [1.54, 1.807) is 17.5 Å². The first-order valence-corrected chi connectivity index (χ1v) is 10.9. The Hall–Kier alpha value is -1.96. The smallest absolute Gasteiger partial charge is 0.254 e. The molecular weight excluding hydrogens is 372 g/mol.